The summed E-state index contributed by atoms with van der Waals surface area (Å²) >= 11 is 0. The number of hydrogen-bond acceptors (Lipinski definition) is 5. The molecular weight excluding hydrogens is 294 g/mol. The molecule has 0 bridgehead atoms. The number of aliphatic hydroxyl groups is 1. The summed E-state index contributed by atoms with van der Waals surface area (Å²) in [5.41, 5.74) is 0.352. The fourth-order valence-electron chi connectivity index (χ4n) is 3.84. The van der Waals surface area contributed by atoms with E-state index in [-0.39, 0.29) is 12.7 Å². The van der Waals surface area contributed by atoms with Crippen molar-refractivity contribution >= 4 is 6.29 Å². The van der Waals surface area contributed by atoms with Gasteiger partial charge in [-0.25, -0.2) is 0 Å². The van der Waals surface area contributed by atoms with E-state index in [1.165, 1.54) is 0 Å². The van der Waals surface area contributed by atoms with Gasteiger partial charge < -0.3 is 19.4 Å². The summed E-state index contributed by atoms with van der Waals surface area (Å²) < 4.78 is 12.3. The van der Waals surface area contributed by atoms with Crippen LogP contribution in [0, 0.1) is 11.3 Å². The molecule has 23 heavy (non-hydrogen) atoms. The first-order valence-electron chi connectivity index (χ1n) is 8.97. The highest BCUT2D eigenvalue weighted by Crippen LogP contribution is 2.45. The van der Waals surface area contributed by atoms with Crippen LogP contribution >= 0.6 is 0 Å². The van der Waals surface area contributed by atoms with Crippen LogP contribution < -0.4 is 0 Å². The molecule has 5 heteroatoms. The smallest absolute Gasteiger partial charge is 0.168 e. The number of aldehydes is 1. The van der Waals surface area contributed by atoms with Gasteiger partial charge in [-0.2, -0.15) is 0 Å². The first kappa shape index (κ1) is 18.8. The maximum absolute atomic E-state index is 10.8. The van der Waals surface area contributed by atoms with Crippen molar-refractivity contribution in [2.75, 3.05) is 32.8 Å². The number of hydrogen-bond donors (Lipinski definition) is 1. The van der Waals surface area contributed by atoms with Crippen LogP contribution in [0.25, 0.3) is 0 Å². The van der Waals surface area contributed by atoms with Gasteiger partial charge in [0.15, 0.2) is 5.79 Å². The molecule has 0 aromatic carbocycles. The van der Waals surface area contributed by atoms with Crippen LogP contribution in [0.15, 0.2) is 0 Å². The van der Waals surface area contributed by atoms with E-state index in [4.69, 9.17) is 14.6 Å². The molecule has 1 aliphatic heterocycles. The molecule has 0 radical (unpaired) electrons. The van der Waals surface area contributed by atoms with E-state index in [2.05, 4.69) is 20.8 Å². The second kappa shape index (κ2) is 8.06. The van der Waals surface area contributed by atoms with Crippen molar-refractivity contribution in [3.8, 4) is 0 Å². The zero-order chi connectivity index (χ0) is 16.9. The third-order valence-electron chi connectivity index (χ3n) is 5.31. The predicted octanol–water partition coefficient (Wildman–Crippen LogP) is 2.22. The second-order valence-corrected chi connectivity index (χ2v) is 8.11. The zero-order valence-electron chi connectivity index (χ0n) is 14.9. The van der Waals surface area contributed by atoms with E-state index in [0.29, 0.717) is 38.1 Å². The van der Waals surface area contributed by atoms with Crippen LogP contribution in [0.3, 0.4) is 0 Å². The van der Waals surface area contributed by atoms with Crippen molar-refractivity contribution in [2.45, 2.75) is 64.8 Å². The number of ether oxygens (including phenoxy) is 2. The summed E-state index contributed by atoms with van der Waals surface area (Å²) in [4.78, 5) is 12.8. The van der Waals surface area contributed by atoms with Crippen molar-refractivity contribution in [1.82, 2.24) is 4.90 Å². The molecule has 0 aromatic rings. The molecule has 2 aliphatic rings. The Labute approximate surface area is 140 Å². The molecule has 1 heterocycles. The lowest BCUT2D eigenvalue weighted by Gasteiger charge is -2.41. The van der Waals surface area contributed by atoms with Crippen LogP contribution in [0.2, 0.25) is 0 Å². The third kappa shape index (κ3) is 5.24. The lowest BCUT2D eigenvalue weighted by molar-refractivity contribution is -0.197. The van der Waals surface area contributed by atoms with Crippen molar-refractivity contribution in [3.63, 3.8) is 0 Å². The van der Waals surface area contributed by atoms with Gasteiger partial charge in [-0.15, -0.1) is 0 Å². The Balaban J connectivity index is 1.82. The molecular formula is C18H33NO4. The molecule has 1 saturated heterocycles. The molecule has 5 nitrogen and oxygen atoms in total. The van der Waals surface area contributed by atoms with Crippen molar-refractivity contribution in [1.29, 1.82) is 0 Å². The molecule has 1 aliphatic carbocycles. The van der Waals surface area contributed by atoms with Gasteiger partial charge in [-0.05, 0) is 30.6 Å². The van der Waals surface area contributed by atoms with Gasteiger partial charge in [0.2, 0.25) is 0 Å². The lowest BCUT2D eigenvalue weighted by atomic mass is 9.71. The molecule has 1 spiro atoms. The number of nitrogens with zero attached hydrogens (tertiary/aromatic N) is 1. The summed E-state index contributed by atoms with van der Waals surface area (Å²) in [5.74, 6) is 0.339. The summed E-state index contributed by atoms with van der Waals surface area (Å²) in [7, 11) is 0. The van der Waals surface area contributed by atoms with E-state index in [9.17, 15) is 4.79 Å². The molecule has 134 valence electrons. The number of carbonyl (C=O) groups is 1. The van der Waals surface area contributed by atoms with Gasteiger partial charge >= 0.3 is 0 Å². The van der Waals surface area contributed by atoms with Gasteiger partial charge in [0.05, 0.1) is 19.3 Å². The SMILES string of the molecule is CC(C)(C)C1CCC2(CC1)OCC(CN(CC=O)CCCO)O2. The highest BCUT2D eigenvalue weighted by Gasteiger charge is 2.46. The Kier molecular flexibility index (Phi) is 6.60. The van der Waals surface area contributed by atoms with Gasteiger partial charge in [0, 0.05) is 32.5 Å². The number of aliphatic hydroxyl groups excluding tert-OH is 1. The zero-order valence-corrected chi connectivity index (χ0v) is 14.9. The van der Waals surface area contributed by atoms with Crippen molar-refractivity contribution in [3.05, 3.63) is 0 Å². The Morgan fingerprint density at radius 2 is 2.00 bits per heavy atom. The molecule has 1 unspecified atom stereocenters. The normalized spacial score (nSPS) is 31.9. The highest BCUT2D eigenvalue weighted by atomic mass is 16.7. The Morgan fingerprint density at radius 3 is 2.57 bits per heavy atom. The fourth-order valence-corrected chi connectivity index (χ4v) is 3.84. The molecule has 1 saturated carbocycles. The topological polar surface area (TPSA) is 59.0 Å². The molecule has 0 amide bonds. The summed E-state index contributed by atoms with van der Waals surface area (Å²) in [5, 5.41) is 8.96. The monoisotopic (exact) mass is 327 g/mol. The van der Waals surface area contributed by atoms with Crippen molar-refractivity contribution in [2.24, 2.45) is 11.3 Å². The minimum Gasteiger partial charge on any atom is -0.396 e. The van der Waals surface area contributed by atoms with E-state index >= 15 is 0 Å². The first-order valence-corrected chi connectivity index (χ1v) is 8.97. The van der Waals surface area contributed by atoms with Crippen LogP contribution in [0.5, 0.6) is 0 Å². The summed E-state index contributed by atoms with van der Waals surface area (Å²) in [6.07, 6.45) is 5.86. The molecule has 0 aromatic heterocycles. The van der Waals surface area contributed by atoms with E-state index < -0.39 is 5.79 Å². The largest absolute Gasteiger partial charge is 0.396 e. The molecule has 2 rings (SSSR count). The van der Waals surface area contributed by atoms with Crippen molar-refractivity contribution < 1.29 is 19.4 Å². The van der Waals surface area contributed by atoms with Gasteiger partial charge in [-0.1, -0.05) is 20.8 Å². The maximum atomic E-state index is 10.8. The third-order valence-corrected chi connectivity index (χ3v) is 5.31. The van der Waals surface area contributed by atoms with Crippen LogP contribution in [0.4, 0.5) is 0 Å². The minimum absolute atomic E-state index is 0.0276. The highest BCUT2D eigenvalue weighted by molar-refractivity contribution is 5.51. The van der Waals surface area contributed by atoms with Gasteiger partial charge in [0.1, 0.15) is 6.29 Å². The standard InChI is InChI=1S/C18H33NO4/c1-17(2,3)15-5-7-18(8-6-15)22-14-16(23-18)13-19(10-12-21)9-4-11-20/h12,15-16,20H,4-11,13-14H2,1-3H3. The van der Waals surface area contributed by atoms with E-state index in [0.717, 1.165) is 37.9 Å². The first-order chi connectivity index (χ1) is 10.9. The van der Waals surface area contributed by atoms with Crippen LogP contribution in [-0.4, -0.2) is 61.0 Å². The Bertz CT molecular complexity index is 372. The molecule has 2 fully saturated rings. The molecule has 1 N–H and O–H groups in total. The summed E-state index contributed by atoms with van der Waals surface area (Å²) in [6.45, 7) is 9.49. The number of rotatable bonds is 7. The number of carbonyl (C=O) groups excluding carboxylic acids is 1. The predicted molar refractivity (Wildman–Crippen MR) is 89.2 cm³/mol. The average Bonchev–Trinajstić information content (AvgIpc) is 2.87. The minimum atomic E-state index is -0.393. The summed E-state index contributed by atoms with van der Waals surface area (Å²) in [6, 6.07) is 0. The quantitative estimate of drug-likeness (QED) is 0.727. The average molecular weight is 327 g/mol. The lowest BCUT2D eigenvalue weighted by Crippen LogP contribution is -2.40. The van der Waals surface area contributed by atoms with E-state index in [1.54, 1.807) is 0 Å². The van der Waals surface area contributed by atoms with Crippen LogP contribution in [-0.2, 0) is 14.3 Å². The second-order valence-electron chi connectivity index (χ2n) is 8.11. The fraction of sp³-hybridized carbons (Fsp3) is 0.944. The van der Waals surface area contributed by atoms with Gasteiger partial charge in [-0.3, -0.25) is 4.90 Å². The van der Waals surface area contributed by atoms with Gasteiger partial charge in [0.25, 0.3) is 0 Å². The van der Waals surface area contributed by atoms with E-state index in [1.807, 2.05) is 4.90 Å². The maximum Gasteiger partial charge on any atom is 0.168 e. The molecule has 1 atom stereocenters. The van der Waals surface area contributed by atoms with Crippen LogP contribution in [0.1, 0.15) is 52.9 Å². The Morgan fingerprint density at radius 1 is 1.30 bits per heavy atom. The Hall–Kier alpha value is -0.490.